The molecule has 184 valence electrons. The number of carboxylic acids is 2. The zero-order valence-corrected chi connectivity index (χ0v) is 18.6. The number of nitro benzene ring substituents is 1. The van der Waals surface area contributed by atoms with E-state index < -0.39 is 58.7 Å². The van der Waals surface area contributed by atoms with Gasteiger partial charge in [0, 0.05) is 18.2 Å². The third-order valence-corrected chi connectivity index (χ3v) is 6.23. The Hall–Kier alpha value is -3.49. The summed E-state index contributed by atoms with van der Waals surface area (Å²) in [6.07, 6.45) is 1.49. The van der Waals surface area contributed by atoms with E-state index in [2.05, 4.69) is 10.6 Å². The van der Waals surface area contributed by atoms with Gasteiger partial charge in [0.2, 0.25) is 11.8 Å². The molecule has 7 N–H and O–H groups in total. The fourth-order valence-corrected chi connectivity index (χ4v) is 4.32. The molecule has 1 aromatic rings. The molecule has 0 heterocycles. The van der Waals surface area contributed by atoms with Crippen molar-refractivity contribution in [1.82, 2.24) is 10.6 Å². The largest absolute Gasteiger partial charge is 0.480 e. The van der Waals surface area contributed by atoms with Crippen LogP contribution in [0.2, 0.25) is 0 Å². The molecule has 1 aliphatic carbocycles. The van der Waals surface area contributed by atoms with Crippen LogP contribution in [0.15, 0.2) is 24.3 Å². The van der Waals surface area contributed by atoms with Crippen molar-refractivity contribution in [3.8, 4) is 0 Å². The van der Waals surface area contributed by atoms with Crippen LogP contribution in [-0.2, 0) is 19.2 Å². The van der Waals surface area contributed by atoms with Gasteiger partial charge in [0.05, 0.1) is 15.7 Å². The monoisotopic (exact) mass is 496 g/mol. The molecular weight excluding hydrogens is 472 g/mol. The molecule has 2 amide bonds. The summed E-state index contributed by atoms with van der Waals surface area (Å²) in [6.45, 7) is -0.689. The fourth-order valence-electron chi connectivity index (χ4n) is 3.16. The van der Waals surface area contributed by atoms with Gasteiger partial charge in [0.1, 0.15) is 24.7 Å². The number of nitro groups is 1. The van der Waals surface area contributed by atoms with E-state index >= 15 is 0 Å². The number of nitrogens with one attached hydrogen (secondary N) is 2. The summed E-state index contributed by atoms with van der Waals surface area (Å²) >= 11 is 1.03. The van der Waals surface area contributed by atoms with Gasteiger partial charge < -0.3 is 31.7 Å². The Morgan fingerprint density at radius 1 is 1.24 bits per heavy atom. The summed E-state index contributed by atoms with van der Waals surface area (Å²) < 4.78 is 0. The topological polar surface area (TPSA) is 222 Å². The normalized spacial score (nSPS) is 18.3. The Morgan fingerprint density at radius 3 is 2.56 bits per heavy atom. The highest BCUT2D eigenvalue weighted by atomic mass is 32.2. The van der Waals surface area contributed by atoms with Gasteiger partial charge in [-0.05, 0) is 12.0 Å². The number of amides is 2. The molecule has 2 unspecified atom stereocenters. The predicted octanol–water partition coefficient (Wildman–Crippen LogP) is -0.365. The predicted molar refractivity (Wildman–Crippen MR) is 121 cm³/mol. The Bertz CT molecular complexity index is 1000. The van der Waals surface area contributed by atoms with Gasteiger partial charge in [0.25, 0.3) is 5.69 Å². The molecule has 0 aromatic heterocycles. The number of hydrogen-bond acceptors (Lipinski definition) is 9. The smallest absolute Gasteiger partial charge is 0.322 e. The van der Waals surface area contributed by atoms with E-state index in [0.29, 0.717) is 5.56 Å². The van der Waals surface area contributed by atoms with E-state index in [4.69, 9.17) is 15.9 Å². The second-order valence-electron chi connectivity index (χ2n) is 7.35. The summed E-state index contributed by atoms with van der Waals surface area (Å²) in [5.74, 6) is -4.16. The number of aliphatic hydroxyl groups excluding tert-OH is 1. The Labute approximate surface area is 197 Å². The SMILES string of the molecule is N[C@@H](CCC(=O)N[C@@H](CSC1C=Cc2cccc([N+](=O)[O-])c2C1O)C(=O)NCC(=O)O)C(=O)O. The molecule has 14 heteroatoms. The number of hydrogen-bond donors (Lipinski definition) is 6. The molecule has 0 aliphatic heterocycles. The first kappa shape index (κ1) is 26.8. The standard InChI is InChI=1S/C20H24N4O9S/c21-11(20(30)31)5-7-15(25)23-12(19(29)22-8-16(26)27)9-34-14-6-4-10-2-1-3-13(24(32)33)17(10)18(14)28/h1-4,6,11-12,14,18,28H,5,7-9,21H2,(H,22,29)(H,23,25)(H,26,27)(H,30,31)/t11-,12-,14?,18?/m0/s1. The molecule has 2 rings (SSSR count). The summed E-state index contributed by atoms with van der Waals surface area (Å²) in [6, 6.07) is 1.90. The highest BCUT2D eigenvalue weighted by molar-refractivity contribution is 8.00. The van der Waals surface area contributed by atoms with E-state index in [-0.39, 0.29) is 29.8 Å². The van der Waals surface area contributed by atoms with Crippen molar-refractivity contribution < 1.29 is 39.4 Å². The minimum atomic E-state index is -1.30. The van der Waals surface area contributed by atoms with E-state index in [0.717, 1.165) is 11.8 Å². The fraction of sp³-hybridized carbons (Fsp3) is 0.400. The van der Waals surface area contributed by atoms with Crippen LogP contribution in [0.4, 0.5) is 5.69 Å². The molecule has 0 saturated heterocycles. The molecule has 4 atom stereocenters. The maximum atomic E-state index is 12.4. The van der Waals surface area contributed by atoms with Crippen LogP contribution in [-0.4, -0.2) is 73.6 Å². The first-order valence-electron chi connectivity index (χ1n) is 10.0. The van der Waals surface area contributed by atoms with E-state index in [9.17, 15) is 34.4 Å². The van der Waals surface area contributed by atoms with Crippen molar-refractivity contribution in [2.75, 3.05) is 12.3 Å². The highest BCUT2D eigenvalue weighted by Crippen LogP contribution is 2.39. The molecule has 34 heavy (non-hydrogen) atoms. The summed E-state index contributed by atoms with van der Waals surface area (Å²) in [7, 11) is 0. The van der Waals surface area contributed by atoms with Crippen LogP contribution in [0.25, 0.3) is 6.08 Å². The molecule has 1 aromatic carbocycles. The lowest BCUT2D eigenvalue weighted by atomic mass is 9.93. The second-order valence-corrected chi connectivity index (χ2v) is 8.57. The lowest BCUT2D eigenvalue weighted by Gasteiger charge is -2.26. The van der Waals surface area contributed by atoms with Crippen LogP contribution in [0, 0.1) is 10.1 Å². The molecule has 0 spiro atoms. The maximum absolute atomic E-state index is 12.4. The molecule has 13 nitrogen and oxygen atoms in total. The average Bonchev–Trinajstić information content (AvgIpc) is 2.78. The number of aliphatic hydroxyl groups is 1. The average molecular weight is 496 g/mol. The van der Waals surface area contributed by atoms with Crippen molar-refractivity contribution >= 4 is 47.3 Å². The summed E-state index contributed by atoms with van der Waals surface area (Å²) in [4.78, 5) is 57.0. The summed E-state index contributed by atoms with van der Waals surface area (Å²) in [5.41, 5.74) is 5.73. The van der Waals surface area contributed by atoms with Crippen LogP contribution < -0.4 is 16.4 Å². The quantitative estimate of drug-likeness (QED) is 0.162. The number of carbonyl (C=O) groups excluding carboxylic acids is 2. The number of nitrogens with two attached hydrogens (primary N) is 1. The third kappa shape index (κ3) is 7.26. The number of fused-ring (bicyclic) bond motifs is 1. The molecule has 0 fully saturated rings. The van der Waals surface area contributed by atoms with Gasteiger partial charge in [-0.15, -0.1) is 11.8 Å². The van der Waals surface area contributed by atoms with Gasteiger partial charge in [0.15, 0.2) is 0 Å². The van der Waals surface area contributed by atoms with Gasteiger partial charge in [-0.1, -0.05) is 24.3 Å². The summed E-state index contributed by atoms with van der Waals surface area (Å²) in [5, 5.41) is 43.6. The van der Waals surface area contributed by atoms with Gasteiger partial charge in [-0.2, -0.15) is 0 Å². The highest BCUT2D eigenvalue weighted by Gasteiger charge is 2.33. The van der Waals surface area contributed by atoms with Crippen LogP contribution in [0.3, 0.4) is 0 Å². The van der Waals surface area contributed by atoms with Crippen LogP contribution in [0.1, 0.15) is 30.1 Å². The zero-order valence-electron chi connectivity index (χ0n) is 17.7. The van der Waals surface area contributed by atoms with Gasteiger partial charge in [-0.25, -0.2) is 0 Å². The van der Waals surface area contributed by atoms with Crippen molar-refractivity contribution in [2.45, 2.75) is 36.3 Å². The molecular formula is C20H24N4O9S. The van der Waals surface area contributed by atoms with Crippen LogP contribution in [0.5, 0.6) is 0 Å². The molecule has 0 saturated carbocycles. The maximum Gasteiger partial charge on any atom is 0.322 e. The Balaban J connectivity index is 2.10. The lowest BCUT2D eigenvalue weighted by molar-refractivity contribution is -0.386. The van der Waals surface area contributed by atoms with Crippen molar-refractivity contribution in [2.24, 2.45) is 5.73 Å². The number of rotatable bonds is 12. The van der Waals surface area contributed by atoms with Gasteiger partial charge >= 0.3 is 11.9 Å². The first-order valence-corrected chi connectivity index (χ1v) is 11.1. The molecule has 0 radical (unpaired) electrons. The number of nitrogens with zero attached hydrogens (tertiary/aromatic N) is 1. The second kappa shape index (κ2) is 12.1. The number of benzene rings is 1. The lowest BCUT2D eigenvalue weighted by Crippen LogP contribution is -2.49. The minimum Gasteiger partial charge on any atom is -0.480 e. The number of aliphatic carboxylic acids is 2. The molecule has 0 bridgehead atoms. The van der Waals surface area contributed by atoms with Crippen molar-refractivity contribution in [3.63, 3.8) is 0 Å². The van der Waals surface area contributed by atoms with Crippen molar-refractivity contribution in [3.05, 3.63) is 45.5 Å². The first-order chi connectivity index (χ1) is 16.0. The van der Waals surface area contributed by atoms with Crippen molar-refractivity contribution in [1.29, 1.82) is 0 Å². The number of carbonyl (C=O) groups is 4. The third-order valence-electron chi connectivity index (χ3n) is 4.91. The van der Waals surface area contributed by atoms with Gasteiger partial charge in [-0.3, -0.25) is 29.3 Å². The number of carboxylic acid groups (broad SMARTS) is 2. The number of thioether (sulfide) groups is 1. The minimum absolute atomic E-state index is 0.107. The van der Waals surface area contributed by atoms with E-state index in [1.165, 1.54) is 12.1 Å². The molecule has 1 aliphatic rings. The van der Waals surface area contributed by atoms with E-state index in [1.54, 1.807) is 18.2 Å². The van der Waals surface area contributed by atoms with E-state index in [1.807, 2.05) is 0 Å². The zero-order chi connectivity index (χ0) is 25.4. The Morgan fingerprint density at radius 2 is 1.94 bits per heavy atom. The Kier molecular flexibility index (Phi) is 9.53. The van der Waals surface area contributed by atoms with Crippen LogP contribution >= 0.6 is 11.8 Å².